The van der Waals surface area contributed by atoms with Crippen LogP contribution >= 0.6 is 11.3 Å². The van der Waals surface area contributed by atoms with E-state index in [0.717, 1.165) is 29.1 Å². The minimum Gasteiger partial charge on any atom is -0.467 e. The minimum absolute atomic E-state index is 0.167. The van der Waals surface area contributed by atoms with Gasteiger partial charge < -0.3 is 26.0 Å². The number of nitrogens with two attached hydrogens (primary N) is 2. The normalized spacial score (nSPS) is 16.5. The van der Waals surface area contributed by atoms with E-state index in [-0.39, 0.29) is 17.6 Å². The highest BCUT2D eigenvalue weighted by Crippen LogP contribution is 2.52. The van der Waals surface area contributed by atoms with E-state index < -0.39 is 0 Å². The zero-order valence-electron chi connectivity index (χ0n) is 21.2. The van der Waals surface area contributed by atoms with Crippen molar-refractivity contribution in [1.82, 2.24) is 19.9 Å². The molecule has 2 aliphatic rings. The number of hydrogen-bond donors (Lipinski definition) is 2. The Morgan fingerprint density at radius 2 is 1.97 bits per heavy atom. The monoisotopic (exact) mass is 516 g/mol. The van der Waals surface area contributed by atoms with Crippen molar-refractivity contribution in [1.29, 1.82) is 10.5 Å². The highest BCUT2D eigenvalue weighted by atomic mass is 32.1. The molecular formula is C25H28N10OS. The summed E-state index contributed by atoms with van der Waals surface area (Å²) < 4.78 is 5.44. The predicted molar refractivity (Wildman–Crippen MR) is 142 cm³/mol. The Morgan fingerprint density at radius 1 is 1.24 bits per heavy atom. The number of aromatic nitrogens is 3. The van der Waals surface area contributed by atoms with Crippen molar-refractivity contribution in [3.63, 3.8) is 0 Å². The molecule has 1 fully saturated rings. The van der Waals surface area contributed by atoms with Gasteiger partial charge in [-0.3, -0.25) is 4.90 Å². The summed E-state index contributed by atoms with van der Waals surface area (Å²) in [5.74, 6) is 1.36. The number of nitriles is 2. The third-order valence-electron chi connectivity index (χ3n) is 7.49. The van der Waals surface area contributed by atoms with Gasteiger partial charge in [-0.15, -0.1) is 11.3 Å². The van der Waals surface area contributed by atoms with Crippen LogP contribution < -0.4 is 26.0 Å². The van der Waals surface area contributed by atoms with Gasteiger partial charge in [-0.05, 0) is 19.5 Å². The molecule has 2 aliphatic heterocycles. The maximum absolute atomic E-state index is 10.3. The fourth-order valence-electron chi connectivity index (χ4n) is 5.47. The van der Waals surface area contributed by atoms with E-state index in [2.05, 4.69) is 43.8 Å². The molecule has 0 aliphatic carbocycles. The first-order valence-electron chi connectivity index (χ1n) is 11.9. The van der Waals surface area contributed by atoms with Crippen LogP contribution in [0.3, 0.4) is 0 Å². The first-order chi connectivity index (χ1) is 17.8. The van der Waals surface area contributed by atoms with Gasteiger partial charge in [-0.2, -0.15) is 20.5 Å². The molecule has 37 heavy (non-hydrogen) atoms. The van der Waals surface area contributed by atoms with Gasteiger partial charge in [0.2, 0.25) is 0 Å². The summed E-state index contributed by atoms with van der Waals surface area (Å²) in [6, 6.07) is 8.33. The Labute approximate surface area is 219 Å². The van der Waals surface area contributed by atoms with Crippen LogP contribution in [0.4, 0.5) is 22.5 Å². The number of likely N-dealkylation sites (N-methyl/N-ethyl adjacent to an activating group) is 1. The van der Waals surface area contributed by atoms with E-state index in [4.69, 9.17) is 16.2 Å². The van der Waals surface area contributed by atoms with Crippen LogP contribution in [0, 0.1) is 22.7 Å². The Kier molecular flexibility index (Phi) is 6.02. The zero-order valence-corrected chi connectivity index (χ0v) is 22.0. The molecule has 12 heteroatoms. The third-order valence-corrected chi connectivity index (χ3v) is 8.50. The fourth-order valence-corrected chi connectivity index (χ4v) is 6.60. The van der Waals surface area contributed by atoms with Crippen LogP contribution in [0.2, 0.25) is 0 Å². The van der Waals surface area contributed by atoms with Gasteiger partial charge in [0.05, 0.1) is 24.3 Å². The Balaban J connectivity index is 1.54. The quantitative estimate of drug-likeness (QED) is 0.496. The van der Waals surface area contributed by atoms with E-state index in [9.17, 15) is 10.5 Å². The van der Waals surface area contributed by atoms with Crippen molar-refractivity contribution >= 4 is 33.8 Å². The topological polar surface area (TPSA) is 157 Å². The summed E-state index contributed by atoms with van der Waals surface area (Å²) in [6.45, 7) is 6.82. The summed E-state index contributed by atoms with van der Waals surface area (Å²) in [6.07, 6.45) is 1.64. The Bertz CT molecular complexity index is 1450. The van der Waals surface area contributed by atoms with Gasteiger partial charge in [-0.25, -0.2) is 4.98 Å². The first kappa shape index (κ1) is 24.6. The lowest BCUT2D eigenvalue weighted by atomic mass is 9.81. The summed E-state index contributed by atoms with van der Waals surface area (Å²) in [5.41, 5.74) is 14.7. The molecule has 1 saturated heterocycles. The van der Waals surface area contributed by atoms with Crippen LogP contribution in [-0.4, -0.2) is 53.6 Å². The van der Waals surface area contributed by atoms with Crippen LogP contribution in [0.1, 0.15) is 47.0 Å². The van der Waals surface area contributed by atoms with Gasteiger partial charge in [0.25, 0.3) is 0 Å². The number of methoxy groups -OCH3 is 1. The van der Waals surface area contributed by atoms with Gasteiger partial charge in [0, 0.05) is 48.9 Å². The van der Waals surface area contributed by atoms with E-state index >= 15 is 0 Å². The van der Waals surface area contributed by atoms with Crippen LogP contribution in [-0.2, 0) is 12.1 Å². The predicted octanol–water partition coefficient (Wildman–Crippen LogP) is 2.60. The van der Waals surface area contributed by atoms with Crippen LogP contribution in [0.25, 0.3) is 0 Å². The molecule has 0 aromatic carbocycles. The fraction of sp³-hybridized carbons (Fsp3) is 0.400. The van der Waals surface area contributed by atoms with Gasteiger partial charge >= 0.3 is 6.01 Å². The number of fused-ring (bicyclic) bond motifs is 2. The number of nitrogen functional groups attached to an aromatic ring is 2. The van der Waals surface area contributed by atoms with Gasteiger partial charge in [-0.1, -0.05) is 13.0 Å². The zero-order chi connectivity index (χ0) is 26.5. The molecule has 190 valence electrons. The molecule has 3 aromatic heterocycles. The lowest BCUT2D eigenvalue weighted by molar-refractivity contribution is 0.0757. The van der Waals surface area contributed by atoms with Crippen LogP contribution in [0.5, 0.6) is 6.01 Å². The number of rotatable bonds is 6. The minimum atomic E-state index is -0.350. The molecule has 1 atom stereocenters. The van der Waals surface area contributed by atoms with Crippen molar-refractivity contribution in [2.75, 3.05) is 55.1 Å². The summed E-state index contributed by atoms with van der Waals surface area (Å²) in [5, 5.41) is 20.6. The molecule has 5 rings (SSSR count). The third kappa shape index (κ3) is 3.60. The highest BCUT2D eigenvalue weighted by Gasteiger charge is 2.56. The van der Waals surface area contributed by atoms with E-state index in [1.54, 1.807) is 6.20 Å². The molecule has 0 amide bonds. The summed E-state index contributed by atoms with van der Waals surface area (Å²) in [4.78, 5) is 20.8. The van der Waals surface area contributed by atoms with E-state index in [1.165, 1.54) is 18.4 Å². The number of pyridine rings is 1. The van der Waals surface area contributed by atoms with Gasteiger partial charge in [0.1, 0.15) is 28.5 Å². The second kappa shape index (κ2) is 9.07. The average Bonchev–Trinajstić information content (AvgIpc) is 3.37. The molecule has 4 N–H and O–H groups in total. The number of ether oxygens (including phenoxy) is 1. The summed E-state index contributed by atoms with van der Waals surface area (Å²) in [7, 11) is 3.36. The van der Waals surface area contributed by atoms with Crippen molar-refractivity contribution in [2.24, 2.45) is 0 Å². The molecule has 3 aromatic rings. The van der Waals surface area contributed by atoms with E-state index in [0.29, 0.717) is 46.7 Å². The standard InChI is InChI=1S/C25H28N10OS/c1-5-35-11-18-19(16(9-26)21(29)37-18)25(35)12-34(13-25)23-17(10-27)22(31-24(32-23)36-4)33(3)14(2)15-7-6-8-30-20(15)28/h6-8,14H,5,11-13,29H2,1-4H3,(H2,28,30). The SMILES string of the molecule is CCN1Cc2sc(N)c(C#N)c2C12CN(c1nc(OC)nc(N(C)C(C)c3cccnc3N)c1C#N)C2. The maximum atomic E-state index is 10.3. The number of hydrogen-bond acceptors (Lipinski definition) is 12. The smallest absolute Gasteiger partial charge is 0.320 e. The number of thiophene rings is 1. The van der Waals surface area contributed by atoms with Crippen molar-refractivity contribution in [3.8, 4) is 18.1 Å². The molecule has 0 bridgehead atoms. The van der Waals surface area contributed by atoms with Crippen molar-refractivity contribution < 1.29 is 4.74 Å². The molecule has 5 heterocycles. The second-order valence-electron chi connectivity index (χ2n) is 9.26. The Morgan fingerprint density at radius 3 is 2.59 bits per heavy atom. The van der Waals surface area contributed by atoms with Crippen molar-refractivity contribution in [3.05, 3.63) is 45.5 Å². The van der Waals surface area contributed by atoms with Crippen molar-refractivity contribution in [2.45, 2.75) is 32.0 Å². The highest BCUT2D eigenvalue weighted by molar-refractivity contribution is 7.16. The van der Waals surface area contributed by atoms with Gasteiger partial charge in [0.15, 0.2) is 11.6 Å². The molecule has 11 nitrogen and oxygen atoms in total. The molecule has 0 saturated carbocycles. The molecule has 1 spiro atoms. The lowest BCUT2D eigenvalue weighted by Crippen LogP contribution is -2.66. The largest absolute Gasteiger partial charge is 0.467 e. The average molecular weight is 517 g/mol. The number of nitrogens with zero attached hydrogens (tertiary/aromatic N) is 8. The summed E-state index contributed by atoms with van der Waals surface area (Å²) >= 11 is 1.49. The molecule has 1 unspecified atom stereocenters. The first-order valence-corrected chi connectivity index (χ1v) is 12.7. The maximum Gasteiger partial charge on any atom is 0.320 e. The van der Waals surface area contributed by atoms with Crippen LogP contribution in [0.15, 0.2) is 18.3 Å². The lowest BCUT2D eigenvalue weighted by Gasteiger charge is -2.53. The number of anilines is 4. The van der Waals surface area contributed by atoms with E-state index in [1.807, 2.05) is 31.0 Å². The molecule has 0 radical (unpaired) electrons. The Hall–Kier alpha value is -4.13. The molecular weight excluding hydrogens is 488 g/mol. The second-order valence-corrected chi connectivity index (χ2v) is 10.4.